The van der Waals surface area contributed by atoms with Crippen LogP contribution in [0.2, 0.25) is 0 Å². The van der Waals surface area contributed by atoms with Crippen LogP contribution in [0.3, 0.4) is 0 Å². The number of nitrogens with one attached hydrogen (secondary N) is 1. The third-order valence-electron chi connectivity index (χ3n) is 3.32. The van der Waals surface area contributed by atoms with Gasteiger partial charge in [-0.25, -0.2) is 0 Å². The van der Waals surface area contributed by atoms with Crippen LogP contribution in [0.15, 0.2) is 10.5 Å². The Morgan fingerprint density at radius 2 is 1.95 bits per heavy atom. The van der Waals surface area contributed by atoms with Crippen molar-refractivity contribution in [1.29, 1.82) is 0 Å². The van der Waals surface area contributed by atoms with E-state index in [1.54, 1.807) is 19.9 Å². The molecule has 2 atom stereocenters. The molecular formula is C14H21NO4. The Bertz CT molecular complexity index is 443. The van der Waals surface area contributed by atoms with Crippen molar-refractivity contribution in [1.82, 2.24) is 5.32 Å². The number of hydrogen-bond acceptors (Lipinski definition) is 3. The van der Waals surface area contributed by atoms with Gasteiger partial charge in [0.25, 0.3) is 5.91 Å². The molecule has 19 heavy (non-hydrogen) atoms. The van der Waals surface area contributed by atoms with Crippen molar-refractivity contribution in [2.24, 2.45) is 5.92 Å². The molecule has 0 bridgehead atoms. The Hall–Kier alpha value is -1.78. The number of rotatable bonds is 6. The summed E-state index contributed by atoms with van der Waals surface area (Å²) in [4.78, 5) is 22.8. The Kier molecular flexibility index (Phi) is 5.15. The highest BCUT2D eigenvalue weighted by molar-refractivity contribution is 5.92. The molecule has 1 heterocycles. The summed E-state index contributed by atoms with van der Waals surface area (Å²) in [7, 11) is 0. The Morgan fingerprint density at radius 1 is 1.32 bits per heavy atom. The minimum atomic E-state index is -0.935. The van der Waals surface area contributed by atoms with E-state index in [9.17, 15) is 9.59 Å². The number of aliphatic carboxylic acids is 1. The molecule has 5 heteroatoms. The topological polar surface area (TPSA) is 79.5 Å². The summed E-state index contributed by atoms with van der Waals surface area (Å²) in [6.45, 7) is 7.20. The van der Waals surface area contributed by atoms with Crippen LogP contribution in [-0.2, 0) is 17.6 Å². The number of carbonyl (C=O) groups is 2. The van der Waals surface area contributed by atoms with E-state index in [0.717, 1.165) is 24.2 Å². The molecule has 1 amide bonds. The molecule has 2 N–H and O–H groups in total. The van der Waals surface area contributed by atoms with E-state index in [1.807, 2.05) is 13.8 Å². The van der Waals surface area contributed by atoms with E-state index in [2.05, 4.69) is 5.32 Å². The fourth-order valence-electron chi connectivity index (χ4n) is 1.79. The molecule has 0 aliphatic heterocycles. The fourth-order valence-corrected chi connectivity index (χ4v) is 1.79. The van der Waals surface area contributed by atoms with Crippen LogP contribution in [0.1, 0.15) is 49.6 Å². The van der Waals surface area contributed by atoms with Gasteiger partial charge in [-0.05, 0) is 31.9 Å². The molecule has 1 rings (SSSR count). The van der Waals surface area contributed by atoms with Gasteiger partial charge in [-0.1, -0.05) is 13.8 Å². The van der Waals surface area contributed by atoms with Crippen molar-refractivity contribution in [3.05, 3.63) is 23.2 Å². The summed E-state index contributed by atoms with van der Waals surface area (Å²) in [5.41, 5.74) is 1.02. The van der Waals surface area contributed by atoms with Crippen molar-refractivity contribution in [2.45, 2.75) is 46.6 Å². The maximum Gasteiger partial charge on any atom is 0.308 e. The molecule has 0 aliphatic rings. The largest absolute Gasteiger partial charge is 0.481 e. The van der Waals surface area contributed by atoms with Crippen LogP contribution in [-0.4, -0.2) is 23.0 Å². The first kappa shape index (κ1) is 15.3. The molecule has 1 aromatic rings. The van der Waals surface area contributed by atoms with Gasteiger partial charge in [0.1, 0.15) is 5.76 Å². The van der Waals surface area contributed by atoms with E-state index in [4.69, 9.17) is 9.52 Å². The fraction of sp³-hybridized carbons (Fsp3) is 0.571. The number of carbonyl (C=O) groups excluding carboxylic acids is 1. The Labute approximate surface area is 113 Å². The SMILES string of the molecule is CCc1cc(C(=O)NC(C)C(C)C(=O)O)oc1CC. The molecule has 0 radical (unpaired) electrons. The average molecular weight is 267 g/mol. The van der Waals surface area contributed by atoms with E-state index < -0.39 is 17.9 Å². The lowest BCUT2D eigenvalue weighted by Gasteiger charge is -2.16. The Balaban J connectivity index is 2.78. The van der Waals surface area contributed by atoms with Gasteiger partial charge in [0.05, 0.1) is 5.92 Å². The summed E-state index contributed by atoms with van der Waals surface area (Å²) in [5.74, 6) is -0.884. The zero-order valence-corrected chi connectivity index (χ0v) is 11.8. The van der Waals surface area contributed by atoms with E-state index >= 15 is 0 Å². The number of hydrogen-bond donors (Lipinski definition) is 2. The molecule has 0 saturated carbocycles. The Morgan fingerprint density at radius 3 is 2.37 bits per heavy atom. The third-order valence-corrected chi connectivity index (χ3v) is 3.32. The number of furan rings is 1. The lowest BCUT2D eigenvalue weighted by molar-refractivity contribution is -0.141. The van der Waals surface area contributed by atoms with Crippen molar-refractivity contribution >= 4 is 11.9 Å². The third kappa shape index (κ3) is 3.59. The zero-order chi connectivity index (χ0) is 14.6. The van der Waals surface area contributed by atoms with Gasteiger partial charge in [0, 0.05) is 12.5 Å². The molecule has 0 fully saturated rings. The van der Waals surface area contributed by atoms with Crippen molar-refractivity contribution in [3.63, 3.8) is 0 Å². The predicted molar refractivity (Wildman–Crippen MR) is 71.2 cm³/mol. The highest BCUT2D eigenvalue weighted by Gasteiger charge is 2.23. The quantitative estimate of drug-likeness (QED) is 0.828. The first-order chi connectivity index (χ1) is 8.90. The van der Waals surface area contributed by atoms with Crippen molar-refractivity contribution < 1.29 is 19.1 Å². The van der Waals surface area contributed by atoms with Crippen LogP contribution in [0.4, 0.5) is 0 Å². The van der Waals surface area contributed by atoms with Gasteiger partial charge in [-0.15, -0.1) is 0 Å². The standard InChI is InChI=1S/C14H21NO4/c1-5-10-7-12(19-11(10)6-2)13(16)15-9(4)8(3)14(17)18/h7-9H,5-6H2,1-4H3,(H,15,16)(H,17,18). The molecule has 106 valence electrons. The minimum absolute atomic E-state index is 0.248. The second-order valence-electron chi connectivity index (χ2n) is 4.66. The first-order valence-electron chi connectivity index (χ1n) is 6.55. The molecule has 0 saturated heterocycles. The first-order valence-corrected chi connectivity index (χ1v) is 6.55. The molecular weight excluding hydrogens is 246 g/mol. The van der Waals surface area contributed by atoms with Crippen LogP contribution in [0.5, 0.6) is 0 Å². The summed E-state index contributed by atoms with van der Waals surface area (Å²) < 4.78 is 5.50. The number of carboxylic acids is 1. The monoisotopic (exact) mass is 267 g/mol. The lowest BCUT2D eigenvalue weighted by atomic mass is 10.0. The van der Waals surface area contributed by atoms with Gasteiger partial charge in [0.2, 0.25) is 0 Å². The van der Waals surface area contributed by atoms with Crippen LogP contribution in [0, 0.1) is 5.92 Å². The van der Waals surface area contributed by atoms with Gasteiger partial charge < -0.3 is 14.8 Å². The summed E-state index contributed by atoms with van der Waals surface area (Å²) in [5, 5.41) is 11.5. The summed E-state index contributed by atoms with van der Waals surface area (Å²) in [6.07, 6.45) is 1.54. The summed E-state index contributed by atoms with van der Waals surface area (Å²) >= 11 is 0. The molecule has 1 aromatic heterocycles. The van der Waals surface area contributed by atoms with E-state index in [1.165, 1.54) is 0 Å². The lowest BCUT2D eigenvalue weighted by Crippen LogP contribution is -2.39. The molecule has 0 spiro atoms. The highest BCUT2D eigenvalue weighted by atomic mass is 16.4. The van der Waals surface area contributed by atoms with E-state index in [-0.39, 0.29) is 11.7 Å². The van der Waals surface area contributed by atoms with Crippen molar-refractivity contribution in [2.75, 3.05) is 0 Å². The summed E-state index contributed by atoms with van der Waals surface area (Å²) in [6, 6.07) is 1.28. The smallest absolute Gasteiger partial charge is 0.308 e. The average Bonchev–Trinajstić information content (AvgIpc) is 2.80. The van der Waals surface area contributed by atoms with Crippen LogP contribution in [0.25, 0.3) is 0 Å². The van der Waals surface area contributed by atoms with Crippen LogP contribution < -0.4 is 5.32 Å². The second-order valence-corrected chi connectivity index (χ2v) is 4.66. The van der Waals surface area contributed by atoms with Gasteiger partial charge in [-0.2, -0.15) is 0 Å². The highest BCUT2D eigenvalue weighted by Crippen LogP contribution is 2.17. The maximum atomic E-state index is 12.0. The van der Waals surface area contributed by atoms with Gasteiger partial charge >= 0.3 is 5.97 Å². The maximum absolute atomic E-state index is 12.0. The minimum Gasteiger partial charge on any atom is -0.481 e. The predicted octanol–water partition coefficient (Wildman–Crippen LogP) is 2.24. The molecule has 0 aliphatic carbocycles. The number of carboxylic acid groups (broad SMARTS) is 1. The van der Waals surface area contributed by atoms with Crippen LogP contribution >= 0.6 is 0 Å². The van der Waals surface area contributed by atoms with Crippen molar-refractivity contribution in [3.8, 4) is 0 Å². The number of aryl methyl sites for hydroxylation is 2. The van der Waals surface area contributed by atoms with Gasteiger partial charge in [0.15, 0.2) is 5.76 Å². The van der Waals surface area contributed by atoms with Gasteiger partial charge in [-0.3, -0.25) is 9.59 Å². The molecule has 5 nitrogen and oxygen atoms in total. The molecule has 0 aromatic carbocycles. The van der Waals surface area contributed by atoms with E-state index in [0.29, 0.717) is 0 Å². The normalized spacial score (nSPS) is 13.9. The zero-order valence-electron chi connectivity index (χ0n) is 11.8. The second kappa shape index (κ2) is 6.41. The molecule has 2 unspecified atom stereocenters. The number of amides is 1.